The first kappa shape index (κ1) is 24.0. The SMILES string of the molecule is C[CH2][Ti]([CH2]C)([CH2]C)([CH2]C)([C]1=CC=CC1)[CH](C)N(C)C.Cl.Cl. The summed E-state index contributed by atoms with van der Waals surface area (Å²) in [6.07, 6.45) is 8.38. The van der Waals surface area contributed by atoms with Gasteiger partial charge in [-0.15, -0.1) is 24.8 Å². The van der Waals surface area contributed by atoms with Crippen LogP contribution in [0.15, 0.2) is 22.1 Å². The standard InChI is InChI=1S/C5H5.C4H10N.4C2H5.2ClH.Ti/c1-2-4-5-3-1;1-4-5(2)3;4*1-2;;;/h1-3H,4H2;4H,1-3H3;4*1H2,2H3;2*1H;. The van der Waals surface area contributed by atoms with Crippen LogP contribution < -0.4 is 0 Å². The van der Waals surface area contributed by atoms with Crippen LogP contribution in [0.3, 0.4) is 0 Å². The number of hydrogen-bond donors (Lipinski definition) is 0. The van der Waals surface area contributed by atoms with Crippen molar-refractivity contribution in [3.8, 4) is 0 Å². The van der Waals surface area contributed by atoms with Gasteiger partial charge in [-0.1, -0.05) is 0 Å². The van der Waals surface area contributed by atoms with Crippen LogP contribution in [-0.4, -0.2) is 23.3 Å². The minimum absolute atomic E-state index is 0. The largest absolute Gasteiger partial charge is 0.147 e. The fourth-order valence-electron chi connectivity index (χ4n) is 5.80. The fourth-order valence-corrected chi connectivity index (χ4v) is 22.8. The number of hydrogen-bond acceptors (Lipinski definition) is 1. The van der Waals surface area contributed by atoms with Gasteiger partial charge in [-0.3, -0.25) is 0 Å². The van der Waals surface area contributed by atoms with E-state index in [1.807, 2.05) is 3.88 Å². The van der Waals surface area contributed by atoms with Crippen molar-refractivity contribution >= 4 is 24.8 Å². The summed E-state index contributed by atoms with van der Waals surface area (Å²) in [6.45, 7) is 12.5. The Balaban J connectivity index is 0. The zero-order valence-corrected chi connectivity index (χ0v) is 18.3. The molecule has 1 rings (SSSR count). The molecular weight excluding hydrogens is 337 g/mol. The second kappa shape index (κ2) is 7.54. The fraction of sp³-hybridized carbons (Fsp3) is 0.765. The van der Waals surface area contributed by atoms with Gasteiger partial charge in [0.15, 0.2) is 0 Å². The predicted octanol–water partition coefficient (Wildman–Crippen LogP) is 6.56. The average molecular weight is 374 g/mol. The molecule has 0 amide bonds. The molecule has 128 valence electrons. The van der Waals surface area contributed by atoms with Gasteiger partial charge in [-0.25, -0.2) is 0 Å². The van der Waals surface area contributed by atoms with E-state index in [1.165, 1.54) is 25.3 Å². The first-order chi connectivity index (χ1) is 8.84. The van der Waals surface area contributed by atoms with E-state index in [0.717, 1.165) is 4.35 Å². The number of allylic oxidation sites excluding steroid dienone is 4. The van der Waals surface area contributed by atoms with Crippen LogP contribution in [0.5, 0.6) is 0 Å². The molecule has 0 aromatic carbocycles. The average Bonchev–Trinajstić information content (AvgIpc) is 2.99. The molecule has 1 nitrogen and oxygen atoms in total. The van der Waals surface area contributed by atoms with E-state index < -0.39 is 14.0 Å². The third-order valence-electron chi connectivity index (χ3n) is 8.55. The van der Waals surface area contributed by atoms with Gasteiger partial charge in [0.2, 0.25) is 0 Å². The van der Waals surface area contributed by atoms with Crippen molar-refractivity contribution in [2.75, 3.05) is 14.1 Å². The third-order valence-corrected chi connectivity index (χ3v) is 31.8. The van der Waals surface area contributed by atoms with Crippen LogP contribution in [0.25, 0.3) is 0 Å². The normalized spacial score (nSPS) is 19.1. The maximum Gasteiger partial charge on any atom is -0.147 e. The summed E-state index contributed by atoms with van der Waals surface area (Å²) < 4.78 is 8.16. The van der Waals surface area contributed by atoms with Gasteiger partial charge < -0.3 is 0 Å². The Hall–Kier alpha value is 0.734. The molecule has 0 aromatic heterocycles. The Morgan fingerprint density at radius 3 is 1.67 bits per heavy atom. The first-order valence-electron chi connectivity index (χ1n) is 8.23. The molecule has 0 fully saturated rings. The van der Waals surface area contributed by atoms with Crippen molar-refractivity contribution in [1.82, 2.24) is 4.90 Å². The molecule has 4 heteroatoms. The molecule has 0 saturated carbocycles. The molecule has 0 saturated heterocycles. The summed E-state index contributed by atoms with van der Waals surface area (Å²) in [7, 11) is 4.57. The number of halogens is 2. The number of nitrogens with zero attached hydrogens (tertiary/aromatic N) is 1. The van der Waals surface area contributed by atoms with Crippen LogP contribution in [0, 0.1) is 0 Å². The molecule has 0 heterocycles. The Kier molecular flexibility index (Phi) is 8.61. The van der Waals surface area contributed by atoms with E-state index in [0.29, 0.717) is 0 Å². The van der Waals surface area contributed by atoms with Gasteiger partial charge in [-0.05, 0) is 0 Å². The summed E-state index contributed by atoms with van der Waals surface area (Å²) in [5.41, 5.74) is 0. The Labute approximate surface area is 143 Å². The molecular formula is C17H37Cl2NTi. The van der Waals surface area contributed by atoms with E-state index >= 15 is 0 Å². The maximum absolute atomic E-state index is 3.26. The third kappa shape index (κ3) is 2.72. The molecule has 0 radical (unpaired) electrons. The monoisotopic (exact) mass is 373 g/mol. The van der Waals surface area contributed by atoms with Crippen LogP contribution in [0.4, 0.5) is 0 Å². The zero-order valence-electron chi connectivity index (χ0n) is 15.1. The molecule has 0 N–H and O–H groups in total. The predicted molar refractivity (Wildman–Crippen MR) is 101 cm³/mol. The quantitative estimate of drug-likeness (QED) is 0.456. The van der Waals surface area contributed by atoms with Crippen molar-refractivity contribution in [1.29, 1.82) is 0 Å². The second-order valence-corrected chi connectivity index (χ2v) is 24.2. The summed E-state index contributed by atoms with van der Waals surface area (Å²) in [4.78, 5) is 2.52. The van der Waals surface area contributed by atoms with Gasteiger partial charge in [0.1, 0.15) is 0 Å². The smallest absolute Gasteiger partial charge is 0.147 e. The zero-order chi connectivity index (χ0) is 14.8. The van der Waals surface area contributed by atoms with Gasteiger partial charge in [0.25, 0.3) is 0 Å². The Bertz CT molecular complexity index is 382. The maximum atomic E-state index is 2.52. The first-order valence-corrected chi connectivity index (χ1v) is 14.3. The van der Waals surface area contributed by atoms with Gasteiger partial charge >= 0.3 is 119 Å². The summed E-state index contributed by atoms with van der Waals surface area (Å²) in [5, 5.41) is 0. The van der Waals surface area contributed by atoms with Crippen LogP contribution in [-0.2, 0) is 14.0 Å². The topological polar surface area (TPSA) is 3.24 Å². The molecule has 0 aliphatic heterocycles. The van der Waals surface area contributed by atoms with Gasteiger partial charge in [0, 0.05) is 0 Å². The minimum Gasteiger partial charge on any atom is -0.147 e. The van der Waals surface area contributed by atoms with Crippen molar-refractivity contribution < 1.29 is 14.0 Å². The van der Waals surface area contributed by atoms with Crippen LogP contribution in [0.1, 0.15) is 41.0 Å². The van der Waals surface area contributed by atoms with Crippen molar-refractivity contribution in [3.05, 3.63) is 22.1 Å². The molecule has 1 atom stereocenters. The summed E-state index contributed by atoms with van der Waals surface area (Å²) in [5.74, 6) is 0. The van der Waals surface area contributed by atoms with E-state index in [1.54, 1.807) is 0 Å². The van der Waals surface area contributed by atoms with E-state index in [4.69, 9.17) is 0 Å². The Morgan fingerprint density at radius 2 is 1.43 bits per heavy atom. The molecule has 0 spiro atoms. The molecule has 1 aliphatic carbocycles. The molecule has 21 heavy (non-hydrogen) atoms. The van der Waals surface area contributed by atoms with Gasteiger partial charge in [-0.2, -0.15) is 0 Å². The van der Waals surface area contributed by atoms with Crippen LogP contribution >= 0.6 is 24.8 Å². The van der Waals surface area contributed by atoms with Crippen LogP contribution in [0.2, 0.25) is 18.9 Å². The van der Waals surface area contributed by atoms with E-state index in [-0.39, 0.29) is 24.8 Å². The summed E-state index contributed by atoms with van der Waals surface area (Å²) in [6, 6.07) is 0. The second-order valence-electron chi connectivity index (χ2n) is 7.55. The van der Waals surface area contributed by atoms with E-state index in [2.05, 4.69) is 71.8 Å². The van der Waals surface area contributed by atoms with Crippen molar-refractivity contribution in [3.63, 3.8) is 0 Å². The number of rotatable bonds is 7. The van der Waals surface area contributed by atoms with Gasteiger partial charge in [0.05, 0.1) is 0 Å². The van der Waals surface area contributed by atoms with Crippen molar-refractivity contribution in [2.45, 2.75) is 64.3 Å². The molecule has 1 unspecified atom stereocenters. The summed E-state index contributed by atoms with van der Waals surface area (Å²) >= 11 is -3.26. The van der Waals surface area contributed by atoms with Crippen molar-refractivity contribution in [2.24, 2.45) is 0 Å². The molecule has 0 aromatic rings. The molecule has 0 bridgehead atoms. The van der Waals surface area contributed by atoms with E-state index in [9.17, 15) is 0 Å². The Morgan fingerprint density at radius 1 is 1.00 bits per heavy atom. The minimum atomic E-state index is -3.26. The molecule has 1 aliphatic rings.